The fourth-order valence-electron chi connectivity index (χ4n) is 4.64. The van der Waals surface area contributed by atoms with Gasteiger partial charge in [-0.05, 0) is 41.8 Å². The molecule has 0 radical (unpaired) electrons. The second-order valence-electron chi connectivity index (χ2n) is 9.27. The van der Waals surface area contributed by atoms with Crippen LogP contribution in [0, 0.1) is 0 Å². The molecule has 1 aliphatic carbocycles. The fourth-order valence-corrected chi connectivity index (χ4v) is 4.64. The van der Waals surface area contributed by atoms with Crippen molar-refractivity contribution in [2.24, 2.45) is 0 Å². The average Bonchev–Trinajstić information content (AvgIpc) is 3.21. The highest BCUT2D eigenvalue weighted by Gasteiger charge is 2.30. The summed E-state index contributed by atoms with van der Waals surface area (Å²) < 4.78 is 5.49. The van der Waals surface area contributed by atoms with E-state index >= 15 is 0 Å². The lowest BCUT2D eigenvalue weighted by Crippen LogP contribution is -2.53. The highest BCUT2D eigenvalue weighted by molar-refractivity contribution is 5.89. The Morgan fingerprint density at radius 3 is 2.05 bits per heavy atom. The molecule has 192 valence electrons. The van der Waals surface area contributed by atoms with Gasteiger partial charge in [0.25, 0.3) is 0 Å². The third-order valence-electron chi connectivity index (χ3n) is 6.48. The molecule has 3 aromatic carbocycles. The molecule has 0 bridgehead atoms. The SMILES string of the molecule is CC(NC(=O)OCC1c2ccccc2-c2ccccc21)C(=O)NC(CN(C)Cc1ccccc1)C(=O)O. The molecular weight excluding hydrogens is 470 g/mol. The van der Waals surface area contributed by atoms with E-state index in [0.717, 1.165) is 27.8 Å². The number of amides is 2. The normalized spacial score (nSPS) is 13.8. The van der Waals surface area contributed by atoms with Crippen LogP contribution < -0.4 is 10.6 Å². The van der Waals surface area contributed by atoms with Gasteiger partial charge in [0.15, 0.2) is 0 Å². The van der Waals surface area contributed by atoms with E-state index in [9.17, 15) is 19.5 Å². The maximum absolute atomic E-state index is 12.7. The molecule has 0 fully saturated rings. The zero-order valence-electron chi connectivity index (χ0n) is 20.9. The number of fused-ring (bicyclic) bond motifs is 3. The van der Waals surface area contributed by atoms with Crippen molar-refractivity contribution < 1.29 is 24.2 Å². The van der Waals surface area contributed by atoms with Crippen LogP contribution in [-0.4, -0.2) is 60.3 Å². The van der Waals surface area contributed by atoms with Crippen LogP contribution >= 0.6 is 0 Å². The number of benzene rings is 3. The van der Waals surface area contributed by atoms with E-state index in [-0.39, 0.29) is 19.1 Å². The van der Waals surface area contributed by atoms with E-state index < -0.39 is 30.1 Å². The molecular formula is C29H31N3O5. The number of alkyl carbamates (subject to hydrolysis) is 1. The summed E-state index contributed by atoms with van der Waals surface area (Å²) in [5.74, 6) is -1.85. The largest absolute Gasteiger partial charge is 0.480 e. The molecule has 0 aromatic heterocycles. The first kappa shape index (κ1) is 25.9. The number of hydrogen-bond acceptors (Lipinski definition) is 5. The third kappa shape index (κ3) is 6.34. The van der Waals surface area contributed by atoms with Gasteiger partial charge in [0.1, 0.15) is 18.7 Å². The summed E-state index contributed by atoms with van der Waals surface area (Å²) in [6.07, 6.45) is -0.738. The second-order valence-corrected chi connectivity index (χ2v) is 9.27. The number of likely N-dealkylation sites (N-methyl/N-ethyl adjacent to an activating group) is 1. The molecule has 2 amide bonds. The summed E-state index contributed by atoms with van der Waals surface area (Å²) in [5, 5.41) is 14.6. The Kier molecular flexibility index (Phi) is 8.20. The monoisotopic (exact) mass is 501 g/mol. The number of hydrogen-bond donors (Lipinski definition) is 3. The van der Waals surface area contributed by atoms with Gasteiger partial charge in [-0.1, -0.05) is 78.9 Å². The Morgan fingerprint density at radius 1 is 0.892 bits per heavy atom. The van der Waals surface area contributed by atoms with E-state index in [2.05, 4.69) is 22.8 Å². The van der Waals surface area contributed by atoms with Crippen LogP contribution in [0.25, 0.3) is 11.1 Å². The van der Waals surface area contributed by atoms with Gasteiger partial charge in [-0.3, -0.25) is 9.69 Å². The minimum Gasteiger partial charge on any atom is -0.480 e. The molecule has 4 rings (SSSR count). The summed E-state index contributed by atoms with van der Waals surface area (Å²) in [7, 11) is 1.79. The van der Waals surface area contributed by atoms with Crippen molar-refractivity contribution in [2.75, 3.05) is 20.2 Å². The van der Waals surface area contributed by atoms with Crippen molar-refractivity contribution in [2.45, 2.75) is 31.5 Å². The van der Waals surface area contributed by atoms with Crippen LogP contribution in [0.15, 0.2) is 78.9 Å². The lowest BCUT2D eigenvalue weighted by Gasteiger charge is -2.24. The minimum absolute atomic E-state index is 0.0983. The zero-order valence-corrected chi connectivity index (χ0v) is 20.9. The highest BCUT2D eigenvalue weighted by Crippen LogP contribution is 2.44. The summed E-state index contributed by atoms with van der Waals surface area (Å²) >= 11 is 0. The lowest BCUT2D eigenvalue weighted by atomic mass is 9.98. The number of carbonyl (C=O) groups is 3. The molecule has 3 N–H and O–H groups in total. The maximum atomic E-state index is 12.7. The van der Waals surface area contributed by atoms with Crippen molar-refractivity contribution in [3.63, 3.8) is 0 Å². The number of carboxylic acids is 1. The first-order valence-electron chi connectivity index (χ1n) is 12.2. The van der Waals surface area contributed by atoms with E-state index in [1.54, 1.807) is 7.05 Å². The second kappa shape index (κ2) is 11.7. The maximum Gasteiger partial charge on any atom is 0.407 e. The number of ether oxygens (including phenoxy) is 1. The van der Waals surface area contributed by atoms with E-state index in [0.29, 0.717) is 6.54 Å². The Bertz CT molecular complexity index is 1220. The van der Waals surface area contributed by atoms with Crippen LogP contribution in [0.4, 0.5) is 4.79 Å². The smallest absolute Gasteiger partial charge is 0.407 e. The molecule has 0 saturated heterocycles. The van der Waals surface area contributed by atoms with Crippen molar-refractivity contribution >= 4 is 18.0 Å². The lowest BCUT2D eigenvalue weighted by molar-refractivity contribution is -0.142. The molecule has 2 unspecified atom stereocenters. The van der Waals surface area contributed by atoms with Crippen molar-refractivity contribution in [3.8, 4) is 11.1 Å². The van der Waals surface area contributed by atoms with Gasteiger partial charge in [0.2, 0.25) is 5.91 Å². The topological polar surface area (TPSA) is 108 Å². The molecule has 8 heteroatoms. The number of carboxylic acid groups (broad SMARTS) is 1. The number of nitrogens with one attached hydrogen (secondary N) is 2. The average molecular weight is 502 g/mol. The van der Waals surface area contributed by atoms with Crippen molar-refractivity contribution in [3.05, 3.63) is 95.6 Å². The predicted octanol–water partition coefficient (Wildman–Crippen LogP) is 3.62. The van der Waals surface area contributed by atoms with Gasteiger partial charge in [0.05, 0.1) is 0 Å². The van der Waals surface area contributed by atoms with Gasteiger partial charge >= 0.3 is 12.1 Å². The number of rotatable bonds is 10. The van der Waals surface area contributed by atoms with Crippen molar-refractivity contribution in [1.82, 2.24) is 15.5 Å². The molecule has 1 aliphatic rings. The quantitative estimate of drug-likeness (QED) is 0.392. The van der Waals surface area contributed by atoms with Crippen LogP contribution in [0.5, 0.6) is 0 Å². The Hall–Kier alpha value is -4.17. The molecule has 0 saturated carbocycles. The van der Waals surface area contributed by atoms with Crippen LogP contribution in [0.1, 0.15) is 29.5 Å². The summed E-state index contributed by atoms with van der Waals surface area (Å²) in [6.45, 7) is 2.25. The summed E-state index contributed by atoms with van der Waals surface area (Å²) in [4.78, 5) is 38.7. The van der Waals surface area contributed by atoms with E-state index in [4.69, 9.17) is 4.74 Å². The molecule has 37 heavy (non-hydrogen) atoms. The van der Waals surface area contributed by atoms with Gasteiger partial charge in [-0.2, -0.15) is 0 Å². The molecule has 2 atom stereocenters. The fraction of sp³-hybridized carbons (Fsp3) is 0.276. The van der Waals surface area contributed by atoms with Crippen LogP contribution in [0.3, 0.4) is 0 Å². The Balaban J connectivity index is 1.29. The summed E-state index contributed by atoms with van der Waals surface area (Å²) in [5.41, 5.74) is 5.46. The molecule has 0 heterocycles. The Labute approximate surface area is 216 Å². The van der Waals surface area contributed by atoms with Crippen LogP contribution in [0.2, 0.25) is 0 Å². The minimum atomic E-state index is -1.15. The van der Waals surface area contributed by atoms with Crippen molar-refractivity contribution in [1.29, 1.82) is 0 Å². The number of nitrogens with zero attached hydrogens (tertiary/aromatic N) is 1. The molecule has 0 aliphatic heterocycles. The molecule has 0 spiro atoms. The summed E-state index contributed by atoms with van der Waals surface area (Å²) in [6, 6.07) is 23.6. The molecule has 8 nitrogen and oxygen atoms in total. The van der Waals surface area contributed by atoms with Crippen LogP contribution in [-0.2, 0) is 20.9 Å². The first-order valence-corrected chi connectivity index (χ1v) is 12.2. The first-order chi connectivity index (χ1) is 17.8. The van der Waals surface area contributed by atoms with Gasteiger partial charge in [0, 0.05) is 19.0 Å². The third-order valence-corrected chi connectivity index (χ3v) is 6.48. The van der Waals surface area contributed by atoms with E-state index in [1.807, 2.05) is 71.6 Å². The highest BCUT2D eigenvalue weighted by atomic mass is 16.5. The van der Waals surface area contributed by atoms with Gasteiger partial charge in [-0.15, -0.1) is 0 Å². The van der Waals surface area contributed by atoms with E-state index in [1.165, 1.54) is 6.92 Å². The van der Waals surface area contributed by atoms with Gasteiger partial charge < -0.3 is 20.5 Å². The number of aliphatic carboxylic acids is 1. The standard InChI is InChI=1S/C29H31N3O5/c1-19(27(33)31-26(28(34)35)17-32(2)16-20-10-4-3-5-11-20)30-29(36)37-18-25-23-14-8-6-12-21(23)22-13-7-9-15-24(22)25/h3-15,19,25-26H,16-18H2,1-2H3,(H,30,36)(H,31,33)(H,34,35). The predicted molar refractivity (Wildman–Crippen MR) is 140 cm³/mol. The molecule has 3 aromatic rings. The number of carbonyl (C=O) groups excluding carboxylic acids is 2. The zero-order chi connectivity index (χ0) is 26.4. The Morgan fingerprint density at radius 2 is 1.46 bits per heavy atom. The van der Waals surface area contributed by atoms with Gasteiger partial charge in [-0.25, -0.2) is 9.59 Å².